The molecule has 0 unspecified atom stereocenters. The molecular formula is C11H13N7. The van der Waals surface area contributed by atoms with E-state index in [2.05, 4.69) is 20.4 Å². The minimum absolute atomic E-state index is 0.770. The summed E-state index contributed by atoms with van der Waals surface area (Å²) in [5.41, 5.74) is 2.64. The Balaban J connectivity index is 2.17. The fourth-order valence-corrected chi connectivity index (χ4v) is 1.90. The number of nitrogens with two attached hydrogens (primary N) is 1. The highest BCUT2D eigenvalue weighted by Crippen LogP contribution is 2.22. The molecule has 7 heteroatoms. The average Bonchev–Trinajstić information content (AvgIpc) is 2.96. The van der Waals surface area contributed by atoms with Crippen LogP contribution >= 0.6 is 0 Å². The Labute approximate surface area is 103 Å². The van der Waals surface area contributed by atoms with Gasteiger partial charge in [0, 0.05) is 24.5 Å². The van der Waals surface area contributed by atoms with Gasteiger partial charge in [0.05, 0.1) is 24.3 Å². The maximum Gasteiger partial charge on any atom is 0.180 e. The van der Waals surface area contributed by atoms with Crippen molar-refractivity contribution in [1.29, 1.82) is 0 Å². The summed E-state index contributed by atoms with van der Waals surface area (Å²) in [6, 6.07) is 0. The molecule has 3 aromatic heterocycles. The summed E-state index contributed by atoms with van der Waals surface area (Å²) in [4.78, 5) is 9.93. The molecule has 3 rings (SSSR count). The lowest BCUT2D eigenvalue weighted by Gasteiger charge is -2.04. The fraction of sp³-hybridized carbons (Fsp3) is 0.182. The number of rotatable bonds is 3. The molecule has 18 heavy (non-hydrogen) atoms. The van der Waals surface area contributed by atoms with Gasteiger partial charge in [-0.25, -0.2) is 9.97 Å². The molecule has 0 fully saturated rings. The quantitative estimate of drug-likeness (QED) is 0.662. The Morgan fingerprint density at radius 3 is 2.94 bits per heavy atom. The van der Waals surface area contributed by atoms with E-state index in [0.29, 0.717) is 0 Å². The van der Waals surface area contributed by atoms with Crippen molar-refractivity contribution in [2.75, 3.05) is 17.7 Å². The summed E-state index contributed by atoms with van der Waals surface area (Å²) in [5, 5.41) is 7.14. The Morgan fingerprint density at radius 2 is 2.22 bits per heavy atom. The second-order valence-electron chi connectivity index (χ2n) is 3.85. The summed E-state index contributed by atoms with van der Waals surface area (Å²) in [7, 11) is 0. The molecule has 7 nitrogen and oxygen atoms in total. The molecule has 0 aromatic carbocycles. The number of imidazole rings is 1. The molecule has 3 N–H and O–H groups in total. The number of nitrogen functional groups attached to an aromatic ring is 1. The third kappa shape index (κ3) is 1.56. The van der Waals surface area contributed by atoms with Gasteiger partial charge in [0.2, 0.25) is 0 Å². The Bertz CT molecular complexity index is 682. The molecule has 92 valence electrons. The van der Waals surface area contributed by atoms with E-state index in [0.717, 1.165) is 29.3 Å². The smallest absolute Gasteiger partial charge is 0.180 e. The minimum Gasteiger partial charge on any atom is -0.367 e. The van der Waals surface area contributed by atoms with Crippen molar-refractivity contribution >= 4 is 11.5 Å². The fourth-order valence-electron chi connectivity index (χ4n) is 1.90. The van der Waals surface area contributed by atoms with Gasteiger partial charge in [0.25, 0.3) is 0 Å². The molecule has 3 heterocycles. The molecule has 0 radical (unpaired) electrons. The lowest BCUT2D eigenvalue weighted by Crippen LogP contribution is -2.07. The van der Waals surface area contributed by atoms with E-state index in [-0.39, 0.29) is 0 Å². The number of nitrogens with one attached hydrogen (secondary N) is 1. The van der Waals surface area contributed by atoms with Gasteiger partial charge in [-0.3, -0.25) is 4.40 Å². The van der Waals surface area contributed by atoms with Gasteiger partial charge in [-0.15, -0.1) is 0 Å². The van der Waals surface area contributed by atoms with Gasteiger partial charge in [-0.05, 0) is 6.92 Å². The number of hydrogen-bond acceptors (Lipinski definition) is 5. The van der Waals surface area contributed by atoms with Crippen LogP contribution in [0.2, 0.25) is 0 Å². The van der Waals surface area contributed by atoms with Gasteiger partial charge in [0.15, 0.2) is 11.5 Å². The van der Waals surface area contributed by atoms with Crippen LogP contribution in [0.5, 0.6) is 0 Å². The van der Waals surface area contributed by atoms with Gasteiger partial charge in [0.1, 0.15) is 0 Å². The predicted octanol–water partition coefficient (Wildman–Crippen LogP) is 0.738. The van der Waals surface area contributed by atoms with Crippen LogP contribution in [0.1, 0.15) is 6.92 Å². The van der Waals surface area contributed by atoms with Crippen LogP contribution < -0.4 is 11.2 Å². The zero-order chi connectivity index (χ0) is 12.5. The van der Waals surface area contributed by atoms with Crippen LogP contribution in [-0.4, -0.2) is 30.8 Å². The molecule has 3 aromatic rings. The van der Waals surface area contributed by atoms with Crippen LogP contribution in [0.25, 0.3) is 16.9 Å². The average molecular weight is 243 g/mol. The van der Waals surface area contributed by atoms with Crippen molar-refractivity contribution in [1.82, 2.24) is 24.3 Å². The zero-order valence-electron chi connectivity index (χ0n) is 9.91. The van der Waals surface area contributed by atoms with E-state index < -0.39 is 0 Å². The normalized spacial score (nSPS) is 10.9. The molecule has 0 bridgehead atoms. The lowest BCUT2D eigenvalue weighted by atomic mass is 10.3. The number of fused-ring (bicyclic) bond motifs is 1. The standard InChI is InChI=1S/C11H13N7/c1-2-13-10-11-15-6-9(17(11)4-3-14-10)8-5-16-18(12)7-8/h3-7H,2,12H2,1H3,(H,13,14). The van der Waals surface area contributed by atoms with Gasteiger partial charge in [-0.2, -0.15) is 9.89 Å². The van der Waals surface area contributed by atoms with Crippen LogP contribution in [0, 0.1) is 0 Å². The third-order valence-electron chi connectivity index (χ3n) is 2.67. The molecule has 0 amide bonds. The van der Waals surface area contributed by atoms with E-state index in [9.17, 15) is 0 Å². The number of hydrogen-bond donors (Lipinski definition) is 2. The van der Waals surface area contributed by atoms with Gasteiger partial charge >= 0.3 is 0 Å². The topological polar surface area (TPSA) is 86.1 Å². The van der Waals surface area contributed by atoms with Crippen molar-refractivity contribution in [2.45, 2.75) is 6.92 Å². The first kappa shape index (κ1) is 10.6. The largest absolute Gasteiger partial charge is 0.367 e. The lowest BCUT2D eigenvalue weighted by molar-refractivity contribution is 0.832. The number of anilines is 1. The summed E-state index contributed by atoms with van der Waals surface area (Å²) < 4.78 is 1.96. The second kappa shape index (κ2) is 4.02. The minimum atomic E-state index is 0.770. The van der Waals surface area contributed by atoms with Crippen molar-refractivity contribution in [2.24, 2.45) is 0 Å². The Morgan fingerprint density at radius 1 is 1.33 bits per heavy atom. The van der Waals surface area contributed by atoms with Gasteiger partial charge < -0.3 is 11.2 Å². The highest BCUT2D eigenvalue weighted by atomic mass is 15.5. The van der Waals surface area contributed by atoms with Crippen molar-refractivity contribution < 1.29 is 0 Å². The second-order valence-corrected chi connectivity index (χ2v) is 3.85. The number of nitrogens with zero attached hydrogens (tertiary/aromatic N) is 5. The molecule has 0 saturated carbocycles. The SMILES string of the molecule is CCNc1nccn2c(-c3cnn(N)c3)cnc12. The number of aromatic nitrogens is 5. The monoisotopic (exact) mass is 243 g/mol. The Hall–Kier alpha value is -2.57. The predicted molar refractivity (Wildman–Crippen MR) is 68.5 cm³/mol. The van der Waals surface area contributed by atoms with Crippen molar-refractivity contribution in [3.63, 3.8) is 0 Å². The molecule has 0 saturated heterocycles. The van der Waals surface area contributed by atoms with Crippen LogP contribution in [0.4, 0.5) is 5.82 Å². The van der Waals surface area contributed by atoms with Gasteiger partial charge in [-0.1, -0.05) is 0 Å². The molecule has 0 aliphatic rings. The molecule has 0 aliphatic carbocycles. The molecule has 0 atom stereocenters. The highest BCUT2D eigenvalue weighted by Gasteiger charge is 2.10. The van der Waals surface area contributed by atoms with Crippen LogP contribution in [0.3, 0.4) is 0 Å². The molecule has 0 spiro atoms. The first-order valence-corrected chi connectivity index (χ1v) is 5.65. The zero-order valence-corrected chi connectivity index (χ0v) is 9.91. The third-order valence-corrected chi connectivity index (χ3v) is 2.67. The molecule has 0 aliphatic heterocycles. The summed E-state index contributed by atoms with van der Waals surface area (Å²) in [6.45, 7) is 2.82. The van der Waals surface area contributed by atoms with E-state index >= 15 is 0 Å². The van der Waals surface area contributed by atoms with E-state index in [1.165, 1.54) is 4.79 Å². The Kier molecular flexibility index (Phi) is 2.36. The van der Waals surface area contributed by atoms with Crippen molar-refractivity contribution in [3.8, 4) is 11.3 Å². The first-order chi connectivity index (χ1) is 8.79. The molecular weight excluding hydrogens is 230 g/mol. The van der Waals surface area contributed by atoms with Crippen LogP contribution in [-0.2, 0) is 0 Å². The first-order valence-electron chi connectivity index (χ1n) is 5.65. The summed E-state index contributed by atoms with van der Waals surface area (Å²) in [6.07, 6.45) is 8.85. The van der Waals surface area contributed by atoms with E-state index in [4.69, 9.17) is 5.84 Å². The van der Waals surface area contributed by atoms with E-state index in [1.54, 1.807) is 24.8 Å². The highest BCUT2D eigenvalue weighted by molar-refractivity contribution is 5.69. The van der Waals surface area contributed by atoms with E-state index in [1.807, 2.05) is 17.5 Å². The summed E-state index contributed by atoms with van der Waals surface area (Å²) in [5.74, 6) is 6.33. The van der Waals surface area contributed by atoms with Crippen LogP contribution in [0.15, 0.2) is 31.0 Å². The maximum atomic E-state index is 5.56. The summed E-state index contributed by atoms with van der Waals surface area (Å²) >= 11 is 0. The maximum absolute atomic E-state index is 5.56. The van der Waals surface area contributed by atoms with Crippen molar-refractivity contribution in [3.05, 3.63) is 31.0 Å².